The average Bonchev–Trinajstić information content (AvgIpc) is 3.17. The van der Waals surface area contributed by atoms with Crippen molar-refractivity contribution >= 4 is 27.2 Å². The molecule has 2 aromatic heterocycles. The molecule has 0 aliphatic rings. The zero-order chi connectivity index (χ0) is 18.4. The van der Waals surface area contributed by atoms with Gasteiger partial charge in [-0.25, -0.2) is 13.4 Å². The number of aromatic amines is 1. The number of aryl methyl sites for hydroxylation is 1. The maximum atomic E-state index is 12.7. The molecule has 0 amide bonds. The summed E-state index contributed by atoms with van der Waals surface area (Å²) in [6.07, 6.45) is 4.69. The van der Waals surface area contributed by atoms with Crippen molar-refractivity contribution < 1.29 is 17.6 Å². The Labute approximate surface area is 147 Å². The van der Waals surface area contributed by atoms with Gasteiger partial charge in [0, 0.05) is 25.1 Å². The average molecular weight is 382 g/mol. The molecule has 3 aromatic rings. The Balaban J connectivity index is 2.28. The van der Waals surface area contributed by atoms with Crippen LogP contribution >= 0.6 is 11.6 Å². The molecule has 0 aliphatic carbocycles. The molecule has 0 spiro atoms. The van der Waals surface area contributed by atoms with Crippen LogP contribution in [0.1, 0.15) is 15.9 Å². The molecule has 0 bridgehead atoms. The Morgan fingerprint density at radius 1 is 1.32 bits per heavy atom. The summed E-state index contributed by atoms with van der Waals surface area (Å²) in [5.41, 5.74) is -0.619. The Hall–Kier alpha value is -2.65. The SMILES string of the molecule is Cn1[nH]cc(C(=O)c2ccc(S(C)(=O)=O)c(-c3cnco3)c2Cl)c1=O. The van der Waals surface area contributed by atoms with Crippen molar-refractivity contribution in [1.82, 2.24) is 14.8 Å². The number of ketones is 1. The molecule has 130 valence electrons. The molecule has 10 heteroatoms. The van der Waals surface area contributed by atoms with Crippen molar-refractivity contribution in [2.75, 3.05) is 6.26 Å². The zero-order valence-electron chi connectivity index (χ0n) is 13.1. The van der Waals surface area contributed by atoms with Crippen molar-refractivity contribution in [3.63, 3.8) is 0 Å². The number of halogens is 1. The molecule has 1 aromatic carbocycles. The van der Waals surface area contributed by atoms with Gasteiger partial charge in [-0.15, -0.1) is 0 Å². The second-order valence-corrected chi connectivity index (χ2v) is 7.68. The number of aromatic nitrogens is 3. The summed E-state index contributed by atoms with van der Waals surface area (Å²) in [5, 5.41) is 2.47. The van der Waals surface area contributed by atoms with Crippen LogP contribution in [0.25, 0.3) is 11.3 Å². The molecule has 0 saturated carbocycles. The van der Waals surface area contributed by atoms with Crippen LogP contribution < -0.4 is 5.56 Å². The maximum Gasteiger partial charge on any atom is 0.277 e. The predicted octanol–water partition coefficient (Wildman–Crippen LogP) is 1.66. The number of oxazole rings is 1. The smallest absolute Gasteiger partial charge is 0.277 e. The number of H-pyrrole nitrogens is 1. The van der Waals surface area contributed by atoms with Crippen LogP contribution in [-0.4, -0.2) is 35.2 Å². The first-order valence-corrected chi connectivity index (χ1v) is 9.19. The highest BCUT2D eigenvalue weighted by atomic mass is 35.5. The van der Waals surface area contributed by atoms with E-state index in [1.54, 1.807) is 0 Å². The first-order valence-electron chi connectivity index (χ1n) is 6.92. The maximum absolute atomic E-state index is 12.7. The zero-order valence-corrected chi connectivity index (χ0v) is 14.7. The van der Waals surface area contributed by atoms with Gasteiger partial charge in [-0.2, -0.15) is 0 Å². The van der Waals surface area contributed by atoms with Crippen LogP contribution in [0, 0.1) is 0 Å². The highest BCUT2D eigenvalue weighted by Crippen LogP contribution is 2.37. The van der Waals surface area contributed by atoms with Gasteiger partial charge in [0.1, 0.15) is 5.56 Å². The highest BCUT2D eigenvalue weighted by Gasteiger charge is 2.26. The largest absolute Gasteiger partial charge is 0.443 e. The van der Waals surface area contributed by atoms with E-state index < -0.39 is 21.2 Å². The third-order valence-corrected chi connectivity index (χ3v) is 5.14. The molecule has 0 aliphatic heterocycles. The fraction of sp³-hybridized carbons (Fsp3) is 0.133. The van der Waals surface area contributed by atoms with Gasteiger partial charge < -0.3 is 9.52 Å². The number of hydrogen-bond acceptors (Lipinski definition) is 6. The Bertz CT molecular complexity index is 1130. The third kappa shape index (κ3) is 2.92. The van der Waals surface area contributed by atoms with Crippen molar-refractivity contribution in [2.24, 2.45) is 7.05 Å². The van der Waals surface area contributed by atoms with Gasteiger partial charge in [0.15, 0.2) is 22.0 Å². The highest BCUT2D eigenvalue weighted by molar-refractivity contribution is 7.90. The van der Waals surface area contributed by atoms with Crippen LogP contribution in [0.4, 0.5) is 0 Å². The van der Waals surface area contributed by atoms with E-state index in [1.807, 2.05) is 0 Å². The molecule has 0 saturated heterocycles. The number of benzene rings is 1. The van der Waals surface area contributed by atoms with E-state index in [2.05, 4.69) is 10.1 Å². The number of carbonyl (C=O) groups excluding carboxylic acids is 1. The normalized spacial score (nSPS) is 11.6. The molecule has 0 fully saturated rings. The van der Waals surface area contributed by atoms with Gasteiger partial charge in [0.2, 0.25) is 5.78 Å². The minimum Gasteiger partial charge on any atom is -0.443 e. The third-order valence-electron chi connectivity index (χ3n) is 3.61. The summed E-state index contributed by atoms with van der Waals surface area (Å²) in [7, 11) is -2.18. The number of nitrogens with zero attached hydrogens (tertiary/aromatic N) is 2. The lowest BCUT2D eigenvalue weighted by Gasteiger charge is -2.11. The van der Waals surface area contributed by atoms with E-state index in [-0.39, 0.29) is 32.4 Å². The number of nitrogens with one attached hydrogen (secondary N) is 1. The first-order chi connectivity index (χ1) is 11.7. The van der Waals surface area contributed by atoms with Gasteiger partial charge >= 0.3 is 0 Å². The Kier molecular flexibility index (Phi) is 4.13. The van der Waals surface area contributed by atoms with Crippen molar-refractivity contribution in [1.29, 1.82) is 0 Å². The van der Waals surface area contributed by atoms with E-state index in [9.17, 15) is 18.0 Å². The van der Waals surface area contributed by atoms with Gasteiger partial charge in [-0.05, 0) is 12.1 Å². The van der Waals surface area contributed by atoms with Crippen molar-refractivity contribution in [3.05, 3.63) is 57.4 Å². The van der Waals surface area contributed by atoms with E-state index >= 15 is 0 Å². The van der Waals surface area contributed by atoms with Crippen LogP contribution in [0.15, 0.2) is 45.0 Å². The van der Waals surface area contributed by atoms with Crippen molar-refractivity contribution in [3.8, 4) is 11.3 Å². The Morgan fingerprint density at radius 3 is 2.56 bits per heavy atom. The second-order valence-electron chi connectivity index (χ2n) is 5.32. The molecule has 0 atom stereocenters. The molecule has 25 heavy (non-hydrogen) atoms. The Morgan fingerprint density at radius 2 is 2.04 bits per heavy atom. The standard InChI is InChI=1S/C15H12ClN3O5S/c1-19-15(21)9(5-18-19)14(20)8-3-4-11(25(2,22)23)12(13(8)16)10-6-17-7-24-10/h3-7,18H,1-2H3. The van der Waals surface area contributed by atoms with E-state index in [1.165, 1.54) is 31.6 Å². The molecule has 8 nitrogen and oxygen atoms in total. The number of carbonyl (C=O) groups is 1. The molecular formula is C15H12ClN3O5S. The fourth-order valence-corrected chi connectivity index (χ4v) is 3.67. The summed E-state index contributed by atoms with van der Waals surface area (Å²) in [4.78, 5) is 28.3. The van der Waals surface area contributed by atoms with Crippen LogP contribution in [0.5, 0.6) is 0 Å². The van der Waals surface area contributed by atoms with E-state index in [0.29, 0.717) is 0 Å². The van der Waals surface area contributed by atoms with Crippen LogP contribution in [0.2, 0.25) is 5.02 Å². The lowest BCUT2D eigenvalue weighted by molar-refractivity contribution is 0.103. The topological polar surface area (TPSA) is 115 Å². The minimum absolute atomic E-state index is 0.0165. The summed E-state index contributed by atoms with van der Waals surface area (Å²) < 4.78 is 30.4. The summed E-state index contributed by atoms with van der Waals surface area (Å²) >= 11 is 6.32. The first kappa shape index (κ1) is 17.2. The molecular weight excluding hydrogens is 370 g/mol. The lowest BCUT2D eigenvalue weighted by Crippen LogP contribution is -2.19. The molecule has 3 rings (SSSR count). The van der Waals surface area contributed by atoms with Gasteiger partial charge in [-0.3, -0.25) is 14.3 Å². The van der Waals surface area contributed by atoms with E-state index in [4.69, 9.17) is 16.0 Å². The monoisotopic (exact) mass is 381 g/mol. The quantitative estimate of drug-likeness (QED) is 0.687. The van der Waals surface area contributed by atoms with Crippen LogP contribution in [-0.2, 0) is 16.9 Å². The van der Waals surface area contributed by atoms with Gasteiger partial charge in [-0.1, -0.05) is 11.6 Å². The predicted molar refractivity (Wildman–Crippen MR) is 89.5 cm³/mol. The molecule has 0 radical (unpaired) electrons. The second kappa shape index (κ2) is 6.01. The summed E-state index contributed by atoms with van der Waals surface area (Å²) in [6, 6.07) is 2.52. The number of rotatable bonds is 4. The van der Waals surface area contributed by atoms with E-state index in [0.717, 1.165) is 17.3 Å². The number of sulfone groups is 1. The fourth-order valence-electron chi connectivity index (χ4n) is 2.38. The molecule has 0 unspecified atom stereocenters. The molecule has 2 heterocycles. The molecule has 1 N–H and O–H groups in total. The summed E-state index contributed by atoms with van der Waals surface area (Å²) in [6.45, 7) is 0. The van der Waals surface area contributed by atoms with Crippen molar-refractivity contribution in [2.45, 2.75) is 4.90 Å². The van der Waals surface area contributed by atoms with Crippen LogP contribution in [0.3, 0.4) is 0 Å². The number of hydrogen-bond donors (Lipinski definition) is 1. The summed E-state index contributed by atoms with van der Waals surface area (Å²) in [5.74, 6) is -0.533. The minimum atomic E-state index is -3.65. The lowest BCUT2D eigenvalue weighted by atomic mass is 10.0. The van der Waals surface area contributed by atoms with Gasteiger partial charge in [0.05, 0.1) is 21.7 Å². The van der Waals surface area contributed by atoms with Gasteiger partial charge in [0.25, 0.3) is 5.56 Å².